The van der Waals surface area contributed by atoms with Crippen LogP contribution in [-0.2, 0) is 10.0 Å². The fraction of sp³-hybridized carbons (Fsp3) is 0.538. The molecule has 1 heterocycles. The number of nitrogens with zero attached hydrogens (tertiary/aromatic N) is 1. The number of benzene rings is 1. The van der Waals surface area contributed by atoms with Crippen molar-refractivity contribution in [3.63, 3.8) is 0 Å². The monoisotopic (exact) mass is 302 g/mol. The van der Waals surface area contributed by atoms with Gasteiger partial charge in [-0.1, -0.05) is 0 Å². The molecule has 1 aliphatic rings. The molecule has 1 saturated heterocycles. The second-order valence-electron chi connectivity index (χ2n) is 4.80. The van der Waals surface area contributed by atoms with Crippen LogP contribution in [0.25, 0.3) is 0 Å². The zero-order valence-corrected chi connectivity index (χ0v) is 12.4. The molecule has 0 amide bonds. The van der Waals surface area contributed by atoms with Gasteiger partial charge < -0.3 is 10.1 Å². The first-order chi connectivity index (χ1) is 9.46. The molecule has 0 aromatic heterocycles. The Morgan fingerprint density at radius 2 is 2.00 bits per heavy atom. The molecule has 2 rings (SSSR count). The number of piperidine rings is 1. The summed E-state index contributed by atoms with van der Waals surface area (Å²) in [5, 5.41) is 3.19. The summed E-state index contributed by atoms with van der Waals surface area (Å²) in [5.41, 5.74) is 0. The van der Waals surface area contributed by atoms with Gasteiger partial charge in [-0.25, -0.2) is 12.8 Å². The van der Waals surface area contributed by atoms with E-state index in [-0.39, 0.29) is 16.7 Å². The molecule has 1 N–H and O–H groups in total. The average molecular weight is 302 g/mol. The van der Waals surface area contributed by atoms with Gasteiger partial charge in [-0.15, -0.1) is 0 Å². The van der Waals surface area contributed by atoms with Gasteiger partial charge in [-0.2, -0.15) is 4.31 Å². The number of nitrogens with one attached hydrogen (secondary N) is 1. The molecule has 0 atom stereocenters. The van der Waals surface area contributed by atoms with Gasteiger partial charge >= 0.3 is 0 Å². The standard InChI is InChI=1S/C13H19FN2O3S/c1-16(10-5-7-15-8-6-10)20(17,18)11-3-4-13(19-2)12(14)9-11/h3-4,9-10,15H,5-8H2,1-2H3. The molecule has 112 valence electrons. The predicted molar refractivity (Wildman–Crippen MR) is 73.8 cm³/mol. The van der Waals surface area contributed by atoms with Gasteiger partial charge in [0.2, 0.25) is 10.0 Å². The normalized spacial score (nSPS) is 17.4. The van der Waals surface area contributed by atoms with Crippen molar-refractivity contribution >= 4 is 10.0 Å². The highest BCUT2D eigenvalue weighted by molar-refractivity contribution is 7.89. The van der Waals surface area contributed by atoms with Crippen LogP contribution in [0.1, 0.15) is 12.8 Å². The Morgan fingerprint density at radius 1 is 1.35 bits per heavy atom. The van der Waals surface area contributed by atoms with Gasteiger partial charge in [-0.05, 0) is 44.1 Å². The molecule has 1 aromatic rings. The highest BCUT2D eigenvalue weighted by atomic mass is 32.2. The lowest BCUT2D eigenvalue weighted by Crippen LogP contribution is -2.43. The Bertz CT molecular complexity index is 571. The molecule has 1 aromatic carbocycles. The van der Waals surface area contributed by atoms with Crippen molar-refractivity contribution in [3.05, 3.63) is 24.0 Å². The summed E-state index contributed by atoms with van der Waals surface area (Å²) in [4.78, 5) is -0.0446. The van der Waals surface area contributed by atoms with E-state index < -0.39 is 15.8 Å². The Kier molecular flexibility index (Phi) is 4.62. The Morgan fingerprint density at radius 3 is 2.55 bits per heavy atom. The maximum Gasteiger partial charge on any atom is 0.243 e. The lowest BCUT2D eigenvalue weighted by atomic mass is 10.1. The minimum atomic E-state index is -3.68. The molecule has 5 nitrogen and oxygen atoms in total. The van der Waals surface area contributed by atoms with Crippen molar-refractivity contribution in [1.82, 2.24) is 9.62 Å². The Hall–Kier alpha value is -1.18. The van der Waals surface area contributed by atoms with E-state index in [2.05, 4.69) is 5.32 Å². The van der Waals surface area contributed by atoms with E-state index in [1.165, 1.54) is 23.5 Å². The zero-order chi connectivity index (χ0) is 14.8. The Balaban J connectivity index is 2.27. The average Bonchev–Trinajstić information content (AvgIpc) is 2.47. The number of hydrogen-bond donors (Lipinski definition) is 1. The molecular formula is C13H19FN2O3S. The third kappa shape index (κ3) is 2.94. The van der Waals surface area contributed by atoms with Crippen LogP contribution in [0.15, 0.2) is 23.1 Å². The van der Waals surface area contributed by atoms with E-state index >= 15 is 0 Å². The number of rotatable bonds is 4. The number of hydrogen-bond acceptors (Lipinski definition) is 4. The van der Waals surface area contributed by atoms with E-state index in [1.54, 1.807) is 7.05 Å². The van der Waals surface area contributed by atoms with E-state index in [9.17, 15) is 12.8 Å². The lowest BCUT2D eigenvalue weighted by Gasteiger charge is -2.30. The molecule has 0 saturated carbocycles. The maximum atomic E-state index is 13.7. The summed E-state index contributed by atoms with van der Waals surface area (Å²) in [6, 6.07) is 3.66. The first-order valence-electron chi connectivity index (χ1n) is 6.49. The molecule has 0 unspecified atom stereocenters. The SMILES string of the molecule is COc1ccc(S(=O)(=O)N(C)C2CCNCC2)cc1F. The van der Waals surface area contributed by atoms with Crippen LogP contribution in [0.4, 0.5) is 4.39 Å². The molecule has 0 radical (unpaired) electrons. The van der Waals surface area contributed by atoms with Crippen molar-refractivity contribution in [1.29, 1.82) is 0 Å². The van der Waals surface area contributed by atoms with E-state index in [0.717, 1.165) is 32.0 Å². The van der Waals surface area contributed by atoms with E-state index in [4.69, 9.17) is 4.74 Å². The third-order valence-corrected chi connectivity index (χ3v) is 5.53. The van der Waals surface area contributed by atoms with Crippen LogP contribution >= 0.6 is 0 Å². The van der Waals surface area contributed by atoms with Crippen molar-refractivity contribution < 1.29 is 17.5 Å². The highest BCUT2D eigenvalue weighted by Crippen LogP contribution is 2.25. The molecule has 20 heavy (non-hydrogen) atoms. The predicted octanol–water partition coefficient (Wildman–Crippen LogP) is 1.21. The summed E-state index contributed by atoms with van der Waals surface area (Å²) in [7, 11) is -0.786. The van der Waals surface area contributed by atoms with Crippen molar-refractivity contribution in [2.24, 2.45) is 0 Å². The third-order valence-electron chi connectivity index (χ3n) is 3.62. The maximum absolute atomic E-state index is 13.7. The summed E-state index contributed by atoms with van der Waals surface area (Å²) < 4.78 is 44.8. The van der Waals surface area contributed by atoms with Gasteiger partial charge in [0.05, 0.1) is 12.0 Å². The highest BCUT2D eigenvalue weighted by Gasteiger charge is 2.29. The second-order valence-corrected chi connectivity index (χ2v) is 6.80. The van der Waals surface area contributed by atoms with Crippen LogP contribution in [0, 0.1) is 5.82 Å². The molecule has 1 fully saturated rings. The second kappa shape index (κ2) is 6.07. The topological polar surface area (TPSA) is 58.6 Å². The number of ether oxygens (including phenoxy) is 1. The lowest BCUT2D eigenvalue weighted by molar-refractivity contribution is 0.296. The van der Waals surface area contributed by atoms with Gasteiger partial charge in [0.15, 0.2) is 11.6 Å². The summed E-state index contributed by atoms with van der Waals surface area (Å²) in [6.45, 7) is 1.59. The van der Waals surface area contributed by atoms with Gasteiger partial charge in [0.1, 0.15) is 0 Å². The number of methoxy groups -OCH3 is 1. The van der Waals surface area contributed by atoms with Crippen LogP contribution in [0.5, 0.6) is 5.75 Å². The van der Waals surface area contributed by atoms with Crippen LogP contribution in [-0.4, -0.2) is 46.0 Å². The summed E-state index contributed by atoms with van der Waals surface area (Å²) in [5.74, 6) is -0.638. The van der Waals surface area contributed by atoms with Crippen molar-refractivity contribution in [3.8, 4) is 5.75 Å². The largest absolute Gasteiger partial charge is 0.494 e. The smallest absolute Gasteiger partial charge is 0.243 e. The zero-order valence-electron chi connectivity index (χ0n) is 11.6. The molecule has 0 bridgehead atoms. The van der Waals surface area contributed by atoms with Crippen LogP contribution < -0.4 is 10.1 Å². The molecule has 0 aliphatic carbocycles. The minimum Gasteiger partial charge on any atom is -0.494 e. The molecule has 0 spiro atoms. The summed E-state index contributed by atoms with van der Waals surface area (Å²) in [6.07, 6.45) is 1.52. The van der Waals surface area contributed by atoms with Crippen LogP contribution in [0.2, 0.25) is 0 Å². The minimum absolute atomic E-state index is 0.0356. The quantitative estimate of drug-likeness (QED) is 0.908. The fourth-order valence-electron chi connectivity index (χ4n) is 2.34. The van der Waals surface area contributed by atoms with Gasteiger partial charge in [0.25, 0.3) is 0 Å². The van der Waals surface area contributed by atoms with Crippen molar-refractivity contribution in [2.45, 2.75) is 23.8 Å². The van der Waals surface area contributed by atoms with Gasteiger partial charge in [0, 0.05) is 13.1 Å². The number of halogens is 1. The molecular weight excluding hydrogens is 283 g/mol. The van der Waals surface area contributed by atoms with Gasteiger partial charge in [-0.3, -0.25) is 0 Å². The summed E-state index contributed by atoms with van der Waals surface area (Å²) >= 11 is 0. The van der Waals surface area contributed by atoms with E-state index in [1.807, 2.05) is 0 Å². The molecule has 7 heteroatoms. The molecule has 1 aliphatic heterocycles. The van der Waals surface area contributed by atoms with E-state index in [0.29, 0.717) is 0 Å². The first kappa shape index (κ1) is 15.2. The first-order valence-corrected chi connectivity index (χ1v) is 7.93. The van der Waals surface area contributed by atoms with Crippen molar-refractivity contribution in [2.75, 3.05) is 27.2 Å². The fourth-order valence-corrected chi connectivity index (χ4v) is 3.77. The Labute approximate surface area is 118 Å². The van der Waals surface area contributed by atoms with Crippen LogP contribution in [0.3, 0.4) is 0 Å². The number of sulfonamides is 1.